The molecule has 1 fully saturated rings. The van der Waals surface area contributed by atoms with Gasteiger partial charge in [0, 0.05) is 31.5 Å². The van der Waals surface area contributed by atoms with Gasteiger partial charge in [0.2, 0.25) is 11.8 Å². The topological polar surface area (TPSA) is 146 Å². The molecule has 14 heteroatoms. The van der Waals surface area contributed by atoms with Crippen molar-refractivity contribution in [2.45, 2.75) is 44.4 Å². The van der Waals surface area contributed by atoms with Gasteiger partial charge in [-0.25, -0.2) is 4.98 Å². The number of hydrogen-bond donors (Lipinski definition) is 4. The molecule has 230 valence electrons. The van der Waals surface area contributed by atoms with E-state index in [-0.39, 0.29) is 24.0 Å². The van der Waals surface area contributed by atoms with Crippen LogP contribution in [0.25, 0.3) is 0 Å². The summed E-state index contributed by atoms with van der Waals surface area (Å²) in [5.74, 6) is -1.32. The van der Waals surface area contributed by atoms with Crippen LogP contribution in [0.1, 0.15) is 38.2 Å². The lowest BCUT2D eigenvalue weighted by atomic mass is 9.87. The number of alkyl halides is 3. The lowest BCUT2D eigenvalue weighted by molar-refractivity contribution is -0.141. The molecule has 2 atom stereocenters. The molecule has 1 saturated heterocycles. The van der Waals surface area contributed by atoms with Crippen molar-refractivity contribution in [1.29, 1.82) is 5.41 Å². The zero-order chi connectivity index (χ0) is 31.1. The maximum absolute atomic E-state index is 13.1. The number of nitrogens with zero attached hydrogens (tertiary/aromatic N) is 3. The molecular formula is C29H34F3N7O4. The van der Waals surface area contributed by atoms with E-state index in [4.69, 9.17) is 20.6 Å². The molecule has 2 aliphatic heterocycles. The van der Waals surface area contributed by atoms with Crippen molar-refractivity contribution >= 4 is 23.5 Å². The van der Waals surface area contributed by atoms with Gasteiger partial charge in [0.15, 0.2) is 5.60 Å². The highest BCUT2D eigenvalue weighted by molar-refractivity contribution is 5.97. The first-order valence-corrected chi connectivity index (χ1v) is 13.9. The summed E-state index contributed by atoms with van der Waals surface area (Å²) in [6.07, 6.45) is -0.245. The number of amidine groups is 1. The van der Waals surface area contributed by atoms with E-state index >= 15 is 0 Å². The molecule has 2 amide bonds. The maximum Gasteiger partial charge on any atom is 0.416 e. The van der Waals surface area contributed by atoms with E-state index in [0.29, 0.717) is 62.7 Å². The van der Waals surface area contributed by atoms with Crippen LogP contribution < -0.4 is 16.4 Å². The van der Waals surface area contributed by atoms with E-state index in [2.05, 4.69) is 22.2 Å². The monoisotopic (exact) mass is 601 g/mol. The van der Waals surface area contributed by atoms with Crippen LogP contribution in [-0.4, -0.2) is 71.4 Å². The second-order valence-corrected chi connectivity index (χ2v) is 10.9. The van der Waals surface area contributed by atoms with Gasteiger partial charge in [-0.3, -0.25) is 15.0 Å². The van der Waals surface area contributed by atoms with Crippen LogP contribution in [0.4, 0.5) is 19.0 Å². The van der Waals surface area contributed by atoms with Crippen molar-refractivity contribution in [3.63, 3.8) is 0 Å². The van der Waals surface area contributed by atoms with Crippen LogP contribution in [0.2, 0.25) is 0 Å². The van der Waals surface area contributed by atoms with Gasteiger partial charge in [0.05, 0.1) is 48.8 Å². The lowest BCUT2D eigenvalue weighted by Gasteiger charge is -2.36. The van der Waals surface area contributed by atoms with Crippen molar-refractivity contribution in [1.82, 2.24) is 20.1 Å². The number of allylic oxidation sites excluding steroid dienone is 3. The third-order valence-electron chi connectivity index (χ3n) is 7.97. The standard InChI is InChI=1S/C29H34F3N7O4/c1-16(2)39-23(26(33)34)22(37-24-25(39)28(24)15-38(11-13-43-28)21(40)9-12-42-3)17-4-6-18(7-5-17)27(41)36-20-14-19(8-10-35-20)29(30,31)32/h4,8,10,14,18,37H,1,5-7,9,11-13,15H2,2-3H3,(H3,33,34)(H,35,36,41). The molecule has 0 saturated carbocycles. The minimum absolute atomic E-state index is 0.0455. The predicted molar refractivity (Wildman–Crippen MR) is 151 cm³/mol. The number of hydrogen-bond acceptors (Lipinski definition) is 8. The van der Waals surface area contributed by atoms with Crippen molar-refractivity contribution in [3.8, 4) is 0 Å². The van der Waals surface area contributed by atoms with Crippen LogP contribution >= 0.6 is 0 Å². The summed E-state index contributed by atoms with van der Waals surface area (Å²) in [4.78, 5) is 33.1. The minimum Gasteiger partial charge on any atom is -0.384 e. The lowest BCUT2D eigenvalue weighted by Crippen LogP contribution is -2.50. The molecule has 2 unspecified atom stereocenters. The number of ether oxygens (including phenoxy) is 2. The maximum atomic E-state index is 13.1. The van der Waals surface area contributed by atoms with Crippen LogP contribution in [0.15, 0.2) is 65.0 Å². The number of anilines is 1. The molecule has 3 heterocycles. The number of nitrogens with one attached hydrogen (secondary N) is 3. The second-order valence-electron chi connectivity index (χ2n) is 10.9. The number of carbonyl (C=O) groups excluding carboxylic acids is 2. The first kappa shape index (κ1) is 30.3. The van der Waals surface area contributed by atoms with Crippen molar-refractivity contribution in [2.75, 3.05) is 38.7 Å². The van der Waals surface area contributed by atoms with E-state index in [9.17, 15) is 22.8 Å². The molecule has 1 aromatic heterocycles. The highest BCUT2D eigenvalue weighted by Gasteiger charge is 2.63. The fraction of sp³-hybridized carbons (Fsp3) is 0.448. The van der Waals surface area contributed by atoms with Crippen LogP contribution in [0, 0.1) is 11.3 Å². The predicted octanol–water partition coefficient (Wildman–Crippen LogP) is 3.21. The number of methoxy groups -OCH3 is 1. The number of halogens is 3. The summed E-state index contributed by atoms with van der Waals surface area (Å²) in [5, 5.41) is 14.4. The Balaban J connectivity index is 1.34. The molecule has 1 spiro atoms. The number of amides is 2. The average molecular weight is 602 g/mol. The Morgan fingerprint density at radius 3 is 2.79 bits per heavy atom. The normalized spacial score (nSPS) is 23.5. The molecule has 43 heavy (non-hydrogen) atoms. The van der Waals surface area contributed by atoms with Gasteiger partial charge < -0.3 is 35.6 Å². The average Bonchev–Trinajstić information content (AvgIpc) is 3.58. The van der Waals surface area contributed by atoms with E-state index in [1.54, 1.807) is 23.8 Å². The first-order valence-electron chi connectivity index (χ1n) is 13.9. The largest absolute Gasteiger partial charge is 0.416 e. The number of pyridine rings is 1. The number of aromatic nitrogens is 1. The van der Waals surface area contributed by atoms with E-state index in [0.717, 1.165) is 35.3 Å². The summed E-state index contributed by atoms with van der Waals surface area (Å²) in [6.45, 7) is 7.29. The van der Waals surface area contributed by atoms with Gasteiger partial charge in [0.25, 0.3) is 0 Å². The van der Waals surface area contributed by atoms with Crippen LogP contribution in [0.3, 0.4) is 0 Å². The molecular weight excluding hydrogens is 567 g/mol. The highest BCUT2D eigenvalue weighted by Crippen LogP contribution is 2.55. The fourth-order valence-electron chi connectivity index (χ4n) is 5.80. The molecule has 0 radical (unpaired) electrons. The molecule has 1 aromatic rings. The molecule has 11 nitrogen and oxygen atoms in total. The van der Waals surface area contributed by atoms with Crippen molar-refractivity contribution < 1.29 is 32.2 Å². The Morgan fingerprint density at radius 1 is 1.40 bits per heavy atom. The molecule has 4 aliphatic rings. The smallest absolute Gasteiger partial charge is 0.384 e. The van der Waals surface area contributed by atoms with Crippen LogP contribution in [-0.2, 0) is 25.2 Å². The molecule has 2 aliphatic carbocycles. The van der Waals surface area contributed by atoms with Gasteiger partial charge >= 0.3 is 6.18 Å². The zero-order valence-corrected chi connectivity index (χ0v) is 23.9. The number of fused-ring (bicyclic) bond motifs is 2. The second kappa shape index (κ2) is 11.5. The van der Waals surface area contributed by atoms with Crippen molar-refractivity contribution in [3.05, 3.63) is 70.6 Å². The number of nitrogens with two attached hydrogens (primary N) is 1. The van der Waals surface area contributed by atoms with Crippen LogP contribution in [0.5, 0.6) is 0 Å². The van der Waals surface area contributed by atoms with Gasteiger partial charge in [-0.15, -0.1) is 0 Å². The molecule has 0 bridgehead atoms. The highest BCUT2D eigenvalue weighted by atomic mass is 19.4. The summed E-state index contributed by atoms with van der Waals surface area (Å²) >= 11 is 0. The quantitative estimate of drug-likeness (QED) is 0.263. The minimum atomic E-state index is -4.55. The van der Waals surface area contributed by atoms with Gasteiger partial charge in [-0.2, -0.15) is 13.2 Å². The summed E-state index contributed by atoms with van der Waals surface area (Å²) < 4.78 is 50.5. The number of morpholine rings is 1. The Morgan fingerprint density at radius 2 is 2.16 bits per heavy atom. The first-order chi connectivity index (χ1) is 20.4. The Bertz CT molecular complexity index is 1470. The zero-order valence-electron chi connectivity index (χ0n) is 23.9. The molecule has 5 rings (SSSR count). The third kappa shape index (κ3) is 5.76. The Kier molecular flexibility index (Phi) is 8.09. The van der Waals surface area contributed by atoms with Gasteiger partial charge in [-0.1, -0.05) is 12.7 Å². The van der Waals surface area contributed by atoms with E-state index < -0.39 is 29.2 Å². The van der Waals surface area contributed by atoms with Gasteiger partial charge in [0.1, 0.15) is 17.4 Å². The van der Waals surface area contributed by atoms with E-state index in [1.165, 1.54) is 0 Å². The molecule has 0 aromatic carbocycles. The number of rotatable bonds is 8. The summed E-state index contributed by atoms with van der Waals surface area (Å²) in [7, 11) is 1.54. The molecule has 5 N–H and O–H groups in total. The fourth-order valence-corrected chi connectivity index (χ4v) is 5.80. The number of carbonyl (C=O) groups is 2. The summed E-state index contributed by atoms with van der Waals surface area (Å²) in [6, 6.07) is 1.65. The summed E-state index contributed by atoms with van der Waals surface area (Å²) in [5.41, 5.74) is 8.27. The SMILES string of the molecule is C=C(C)N1C(C(=N)N)=C(C2=CCC(C(=O)Nc3cc(C(F)(F)F)ccn3)CC2)NC2=C1C21CN(C(=O)CCOC)CCO1. The third-order valence-corrected chi connectivity index (χ3v) is 7.97. The van der Waals surface area contributed by atoms with E-state index in [1.807, 2.05) is 6.08 Å². The Labute approximate surface area is 246 Å². The van der Waals surface area contributed by atoms with Gasteiger partial charge in [-0.05, 0) is 43.9 Å². The van der Waals surface area contributed by atoms with Crippen molar-refractivity contribution in [2.24, 2.45) is 11.7 Å². The Hall–Kier alpha value is -4.17.